The van der Waals surface area contributed by atoms with Crippen LogP contribution in [-0.4, -0.2) is 19.6 Å². The molecule has 1 N–H and O–H groups in total. The molecule has 7 heteroatoms. The molecule has 3 rings (SSSR count). The highest BCUT2D eigenvalue weighted by molar-refractivity contribution is 6.39. The fraction of sp³-hybridized carbons (Fsp3) is 0.240. The molecule has 32 heavy (non-hydrogen) atoms. The lowest BCUT2D eigenvalue weighted by Crippen LogP contribution is -2.26. The van der Waals surface area contributed by atoms with Gasteiger partial charge in [0.05, 0.1) is 22.7 Å². The van der Waals surface area contributed by atoms with Crippen LogP contribution in [0.4, 0.5) is 0 Å². The number of halogens is 3. The summed E-state index contributed by atoms with van der Waals surface area (Å²) in [6, 6.07) is 16.2. The third kappa shape index (κ3) is 5.69. The number of carbonyl (C=O) groups excluding carboxylic acids is 1. The first kappa shape index (κ1) is 24.2. The van der Waals surface area contributed by atoms with Crippen LogP contribution in [0.15, 0.2) is 54.6 Å². The van der Waals surface area contributed by atoms with Crippen molar-refractivity contribution in [3.05, 3.63) is 86.4 Å². The Bertz CT molecular complexity index is 1120. The molecule has 0 heterocycles. The van der Waals surface area contributed by atoms with E-state index in [1.807, 2.05) is 36.4 Å². The number of methoxy groups -OCH3 is 1. The van der Waals surface area contributed by atoms with E-state index in [4.69, 9.17) is 44.3 Å². The molecule has 0 aliphatic rings. The largest absolute Gasteiger partial charge is 0.496 e. The molecule has 0 saturated carbocycles. The second-order valence-corrected chi connectivity index (χ2v) is 8.69. The summed E-state index contributed by atoms with van der Waals surface area (Å²) in [5, 5.41) is 3.99. The van der Waals surface area contributed by atoms with Crippen LogP contribution in [0.1, 0.15) is 41.3 Å². The van der Waals surface area contributed by atoms with Gasteiger partial charge in [-0.25, -0.2) is 0 Å². The van der Waals surface area contributed by atoms with Gasteiger partial charge in [0, 0.05) is 17.1 Å². The van der Waals surface area contributed by atoms with Gasteiger partial charge in [-0.3, -0.25) is 4.79 Å². The molecule has 3 aromatic carbocycles. The topological polar surface area (TPSA) is 47.6 Å². The maximum atomic E-state index is 12.7. The predicted octanol–water partition coefficient (Wildman–Crippen LogP) is 7.54. The molecule has 0 aromatic heterocycles. The minimum absolute atomic E-state index is 0.148. The number of nitrogens with one attached hydrogen (secondary N) is 1. The Balaban J connectivity index is 1.77. The number of benzene rings is 3. The van der Waals surface area contributed by atoms with Gasteiger partial charge in [-0.05, 0) is 54.3 Å². The van der Waals surface area contributed by atoms with Crippen molar-refractivity contribution in [2.75, 3.05) is 13.7 Å². The summed E-state index contributed by atoms with van der Waals surface area (Å²) in [5.41, 5.74) is 2.23. The van der Waals surface area contributed by atoms with Crippen LogP contribution in [0.5, 0.6) is 17.2 Å². The van der Waals surface area contributed by atoms with Crippen molar-refractivity contribution in [3.63, 3.8) is 0 Å². The molecule has 1 amide bonds. The fourth-order valence-corrected chi connectivity index (χ4v) is 4.02. The summed E-state index contributed by atoms with van der Waals surface area (Å²) in [7, 11) is 1.63. The van der Waals surface area contributed by atoms with Gasteiger partial charge in [0.25, 0.3) is 5.91 Å². The van der Waals surface area contributed by atoms with E-state index in [0.29, 0.717) is 28.8 Å². The molecule has 0 atom stereocenters. The minimum atomic E-state index is -0.318. The summed E-state index contributed by atoms with van der Waals surface area (Å²) in [5.74, 6) is 1.47. The lowest BCUT2D eigenvalue weighted by atomic mass is 10.0. The van der Waals surface area contributed by atoms with Crippen molar-refractivity contribution < 1.29 is 14.3 Å². The third-order valence-corrected chi connectivity index (χ3v) is 6.02. The first-order valence-corrected chi connectivity index (χ1v) is 11.3. The normalized spacial score (nSPS) is 10.8. The average molecular weight is 493 g/mol. The van der Waals surface area contributed by atoms with Crippen molar-refractivity contribution in [2.24, 2.45) is 0 Å². The summed E-state index contributed by atoms with van der Waals surface area (Å²) in [4.78, 5) is 12.7. The van der Waals surface area contributed by atoms with Gasteiger partial charge < -0.3 is 14.8 Å². The lowest BCUT2D eigenvalue weighted by Gasteiger charge is -2.16. The van der Waals surface area contributed by atoms with Gasteiger partial charge in [-0.15, -0.1) is 0 Å². The Morgan fingerprint density at radius 3 is 2.44 bits per heavy atom. The van der Waals surface area contributed by atoms with Gasteiger partial charge >= 0.3 is 0 Å². The summed E-state index contributed by atoms with van der Waals surface area (Å²) in [6.45, 7) is 4.54. The Labute approximate surface area is 203 Å². The van der Waals surface area contributed by atoms with E-state index >= 15 is 0 Å². The van der Waals surface area contributed by atoms with Gasteiger partial charge in [0.2, 0.25) is 0 Å². The van der Waals surface area contributed by atoms with Crippen LogP contribution in [0, 0.1) is 0 Å². The quantitative estimate of drug-likeness (QED) is 0.353. The zero-order chi connectivity index (χ0) is 23.3. The summed E-state index contributed by atoms with van der Waals surface area (Å²) < 4.78 is 11.4. The molecule has 0 bridgehead atoms. The van der Waals surface area contributed by atoms with Crippen LogP contribution in [-0.2, 0) is 6.42 Å². The Kier molecular flexibility index (Phi) is 8.30. The maximum Gasteiger partial charge on any atom is 0.252 e. The van der Waals surface area contributed by atoms with Crippen molar-refractivity contribution >= 4 is 40.7 Å². The van der Waals surface area contributed by atoms with E-state index in [9.17, 15) is 4.79 Å². The highest BCUT2D eigenvalue weighted by Gasteiger charge is 2.19. The molecule has 4 nitrogen and oxygen atoms in total. The first-order valence-electron chi connectivity index (χ1n) is 10.2. The zero-order valence-corrected chi connectivity index (χ0v) is 20.3. The number of rotatable bonds is 8. The number of hydrogen-bond donors (Lipinski definition) is 1. The predicted molar refractivity (Wildman–Crippen MR) is 131 cm³/mol. The number of hydrogen-bond acceptors (Lipinski definition) is 3. The molecule has 0 radical (unpaired) electrons. The molecule has 0 aliphatic heterocycles. The van der Waals surface area contributed by atoms with Gasteiger partial charge in [0.15, 0.2) is 5.75 Å². The second kappa shape index (κ2) is 11.0. The first-order chi connectivity index (χ1) is 15.3. The van der Waals surface area contributed by atoms with Crippen LogP contribution >= 0.6 is 34.8 Å². The monoisotopic (exact) mass is 491 g/mol. The van der Waals surface area contributed by atoms with Crippen molar-refractivity contribution in [1.82, 2.24) is 5.32 Å². The van der Waals surface area contributed by atoms with Crippen molar-refractivity contribution in [2.45, 2.75) is 26.2 Å². The van der Waals surface area contributed by atoms with Gasteiger partial charge in [-0.2, -0.15) is 0 Å². The second-order valence-electron chi connectivity index (χ2n) is 7.50. The van der Waals surface area contributed by atoms with Gasteiger partial charge in [-0.1, -0.05) is 66.8 Å². The van der Waals surface area contributed by atoms with E-state index in [-0.39, 0.29) is 28.2 Å². The Morgan fingerprint density at radius 2 is 1.75 bits per heavy atom. The molecule has 0 fully saturated rings. The number of carbonyl (C=O) groups is 1. The molecule has 0 aliphatic carbocycles. The van der Waals surface area contributed by atoms with E-state index < -0.39 is 0 Å². The standard InChI is InChI=1S/C25H24Cl3NO3/c1-15(2)19-14-17(8-11-22(19)31-3)32-24-21(27)10-9-18(23(24)28)25(30)29-13-12-16-6-4-5-7-20(16)26/h4-11,14-15H,12-13H2,1-3H3,(H,29,30). The Hall–Kier alpha value is -2.40. The molecular weight excluding hydrogens is 469 g/mol. The number of ether oxygens (including phenoxy) is 2. The zero-order valence-electron chi connectivity index (χ0n) is 18.0. The maximum absolute atomic E-state index is 12.7. The summed E-state index contributed by atoms with van der Waals surface area (Å²) >= 11 is 19.0. The van der Waals surface area contributed by atoms with Crippen LogP contribution < -0.4 is 14.8 Å². The van der Waals surface area contributed by atoms with E-state index in [0.717, 1.165) is 16.9 Å². The smallest absolute Gasteiger partial charge is 0.252 e. The van der Waals surface area contributed by atoms with E-state index in [1.165, 1.54) is 0 Å². The summed E-state index contributed by atoms with van der Waals surface area (Å²) in [6.07, 6.45) is 0.601. The molecular formula is C25H24Cl3NO3. The average Bonchev–Trinajstić information content (AvgIpc) is 2.77. The fourth-order valence-electron chi connectivity index (χ4n) is 3.25. The molecule has 0 saturated heterocycles. The van der Waals surface area contributed by atoms with E-state index in [2.05, 4.69) is 19.2 Å². The SMILES string of the molecule is COc1ccc(Oc2c(Cl)ccc(C(=O)NCCc3ccccc3Cl)c2Cl)cc1C(C)C. The van der Waals surface area contributed by atoms with Crippen molar-refractivity contribution in [3.8, 4) is 17.2 Å². The minimum Gasteiger partial charge on any atom is -0.496 e. The van der Waals surface area contributed by atoms with Gasteiger partial charge in [0.1, 0.15) is 11.5 Å². The molecule has 168 valence electrons. The molecule has 0 spiro atoms. The molecule has 0 unspecified atom stereocenters. The van der Waals surface area contributed by atoms with Crippen LogP contribution in [0.25, 0.3) is 0 Å². The van der Waals surface area contributed by atoms with Crippen LogP contribution in [0.2, 0.25) is 15.1 Å². The number of amides is 1. The lowest BCUT2D eigenvalue weighted by molar-refractivity contribution is 0.0954. The van der Waals surface area contributed by atoms with Crippen molar-refractivity contribution in [1.29, 1.82) is 0 Å². The molecule has 3 aromatic rings. The van der Waals surface area contributed by atoms with E-state index in [1.54, 1.807) is 25.3 Å². The highest BCUT2D eigenvalue weighted by Crippen LogP contribution is 2.40. The Morgan fingerprint density at radius 1 is 1.00 bits per heavy atom. The highest BCUT2D eigenvalue weighted by atomic mass is 35.5. The van der Waals surface area contributed by atoms with Crippen LogP contribution in [0.3, 0.4) is 0 Å². The third-order valence-electron chi connectivity index (χ3n) is 4.97.